The van der Waals surface area contributed by atoms with Crippen molar-refractivity contribution < 1.29 is 15.0 Å². The molecule has 66 valence electrons. The second-order valence-electron chi connectivity index (χ2n) is 2.97. The van der Waals surface area contributed by atoms with E-state index in [0.29, 0.717) is 5.56 Å². The molecule has 2 N–H and O–H groups in total. The molecule has 1 aliphatic rings. The van der Waals surface area contributed by atoms with E-state index in [0.717, 1.165) is 5.56 Å². The molecule has 3 heteroatoms. The van der Waals surface area contributed by atoms with E-state index < -0.39 is 11.9 Å². The first-order valence-corrected chi connectivity index (χ1v) is 3.92. The second kappa shape index (κ2) is 2.62. The minimum atomic E-state index is -1.02. The molecule has 3 nitrogen and oxygen atoms in total. The van der Waals surface area contributed by atoms with Gasteiger partial charge in [-0.25, -0.2) is 0 Å². The number of carbonyl (C=O) groups is 1. The molecule has 0 radical (unpaired) electrons. The van der Waals surface area contributed by atoms with Gasteiger partial charge >= 0.3 is 5.97 Å². The quantitative estimate of drug-likeness (QED) is 0.685. The zero-order valence-corrected chi connectivity index (χ0v) is 6.77. The highest BCUT2D eigenvalue weighted by molar-refractivity contribution is 5.86. The summed E-state index contributed by atoms with van der Waals surface area (Å²) in [5.74, 6) is -1.98. The van der Waals surface area contributed by atoms with E-state index in [4.69, 9.17) is 5.11 Å². The van der Waals surface area contributed by atoms with E-state index in [9.17, 15) is 9.90 Å². The Morgan fingerprint density at radius 2 is 2.00 bits per heavy atom. The van der Waals surface area contributed by atoms with Crippen molar-refractivity contribution in [2.75, 3.05) is 0 Å². The number of hydrogen-bond donors (Lipinski definition) is 2. The van der Waals surface area contributed by atoms with E-state index in [2.05, 4.69) is 0 Å². The summed E-state index contributed by atoms with van der Waals surface area (Å²) in [5.41, 5.74) is 1.44. The molecule has 0 spiro atoms. The first-order valence-electron chi connectivity index (χ1n) is 3.92. The molecule has 0 bridgehead atoms. The van der Waals surface area contributed by atoms with Gasteiger partial charge in [-0.2, -0.15) is 0 Å². The number of carboxylic acid groups (broad SMARTS) is 1. The predicted octanol–water partition coefficient (Wildman–Crippen LogP) is 1.77. The molecule has 1 aromatic carbocycles. The summed E-state index contributed by atoms with van der Waals surface area (Å²) < 4.78 is 0. The van der Waals surface area contributed by atoms with Crippen LogP contribution in [0.5, 0.6) is 0 Å². The molecule has 0 aromatic heterocycles. The van der Waals surface area contributed by atoms with Gasteiger partial charge in [-0.05, 0) is 17.2 Å². The summed E-state index contributed by atoms with van der Waals surface area (Å²) >= 11 is 0. The molecule has 1 atom stereocenters. The van der Waals surface area contributed by atoms with Crippen molar-refractivity contribution in [3.8, 4) is 0 Å². The lowest BCUT2D eigenvalue weighted by atomic mass is 10.0. The molecule has 2 rings (SSSR count). The lowest BCUT2D eigenvalue weighted by Gasteiger charge is -2.06. The Kier molecular flexibility index (Phi) is 1.59. The predicted molar refractivity (Wildman–Crippen MR) is 47.4 cm³/mol. The van der Waals surface area contributed by atoms with Gasteiger partial charge in [0.25, 0.3) is 0 Å². The van der Waals surface area contributed by atoms with Gasteiger partial charge < -0.3 is 10.2 Å². The standard InChI is InChI=1S/C10H8O3/c11-8-5-6-3-1-2-4-7(6)9(8)10(12)13/h1-5,9,11H,(H,12,13). The number of benzene rings is 1. The Balaban J connectivity index is 2.55. The van der Waals surface area contributed by atoms with Crippen LogP contribution in [0, 0.1) is 0 Å². The molecule has 1 aliphatic carbocycles. The van der Waals surface area contributed by atoms with Gasteiger partial charge in [0.2, 0.25) is 0 Å². The minimum absolute atomic E-state index is 0.0892. The lowest BCUT2D eigenvalue weighted by Crippen LogP contribution is -2.11. The zero-order valence-electron chi connectivity index (χ0n) is 6.77. The van der Waals surface area contributed by atoms with Crippen LogP contribution in [0.2, 0.25) is 0 Å². The summed E-state index contributed by atoms with van der Waals surface area (Å²) in [6.45, 7) is 0. The molecule has 13 heavy (non-hydrogen) atoms. The van der Waals surface area contributed by atoms with Crippen molar-refractivity contribution in [1.82, 2.24) is 0 Å². The van der Waals surface area contributed by atoms with Gasteiger partial charge in [0.15, 0.2) is 0 Å². The summed E-state index contributed by atoms with van der Waals surface area (Å²) in [4.78, 5) is 10.8. The minimum Gasteiger partial charge on any atom is -0.511 e. The lowest BCUT2D eigenvalue weighted by molar-refractivity contribution is -0.138. The zero-order chi connectivity index (χ0) is 9.42. The van der Waals surface area contributed by atoms with Gasteiger partial charge in [0.1, 0.15) is 11.7 Å². The molecule has 0 amide bonds. The Bertz CT molecular complexity index is 393. The van der Waals surface area contributed by atoms with Gasteiger partial charge in [-0.1, -0.05) is 24.3 Å². The Labute approximate surface area is 74.9 Å². The summed E-state index contributed by atoms with van der Waals surface area (Å²) in [7, 11) is 0. The van der Waals surface area contributed by atoms with E-state index in [-0.39, 0.29) is 5.76 Å². The first-order chi connectivity index (χ1) is 6.20. The van der Waals surface area contributed by atoms with E-state index in [1.165, 1.54) is 6.08 Å². The maximum absolute atomic E-state index is 10.8. The normalized spacial score (nSPS) is 19.4. The van der Waals surface area contributed by atoms with Crippen LogP contribution in [-0.2, 0) is 4.79 Å². The van der Waals surface area contributed by atoms with Crippen molar-refractivity contribution in [3.05, 3.63) is 41.2 Å². The fourth-order valence-electron chi connectivity index (χ4n) is 1.57. The maximum atomic E-state index is 10.8. The van der Waals surface area contributed by atoms with E-state index in [1.807, 2.05) is 6.07 Å². The van der Waals surface area contributed by atoms with Gasteiger partial charge in [0, 0.05) is 0 Å². The molecular formula is C10H8O3. The van der Waals surface area contributed by atoms with Crippen LogP contribution >= 0.6 is 0 Å². The third kappa shape index (κ3) is 1.09. The number of fused-ring (bicyclic) bond motifs is 1. The number of hydrogen-bond acceptors (Lipinski definition) is 2. The topological polar surface area (TPSA) is 57.5 Å². The van der Waals surface area contributed by atoms with E-state index >= 15 is 0 Å². The fourth-order valence-corrected chi connectivity index (χ4v) is 1.57. The molecule has 0 fully saturated rings. The number of rotatable bonds is 1. The van der Waals surface area contributed by atoms with Crippen LogP contribution in [0.4, 0.5) is 0 Å². The third-order valence-corrected chi connectivity index (χ3v) is 2.15. The van der Waals surface area contributed by atoms with Crippen LogP contribution in [0.1, 0.15) is 17.0 Å². The summed E-state index contributed by atoms with van der Waals surface area (Å²) in [6.07, 6.45) is 1.49. The molecule has 1 unspecified atom stereocenters. The second-order valence-corrected chi connectivity index (χ2v) is 2.97. The highest BCUT2D eigenvalue weighted by atomic mass is 16.4. The van der Waals surface area contributed by atoms with Crippen LogP contribution in [-0.4, -0.2) is 16.2 Å². The first kappa shape index (κ1) is 7.86. The van der Waals surface area contributed by atoms with E-state index in [1.54, 1.807) is 18.2 Å². The SMILES string of the molecule is O=C(O)C1C(O)=Cc2ccccc21. The van der Waals surface area contributed by atoms with Gasteiger partial charge in [-0.15, -0.1) is 0 Å². The largest absolute Gasteiger partial charge is 0.511 e. The molecular weight excluding hydrogens is 168 g/mol. The van der Waals surface area contributed by atoms with Gasteiger partial charge in [0.05, 0.1) is 0 Å². The summed E-state index contributed by atoms with van der Waals surface area (Å²) in [5, 5.41) is 18.2. The summed E-state index contributed by atoms with van der Waals surface area (Å²) in [6, 6.07) is 7.08. The third-order valence-electron chi connectivity index (χ3n) is 2.15. The average Bonchev–Trinajstić information content (AvgIpc) is 2.39. The van der Waals surface area contributed by atoms with Crippen LogP contribution in [0.15, 0.2) is 30.0 Å². The number of aliphatic carboxylic acids is 1. The van der Waals surface area contributed by atoms with Crippen molar-refractivity contribution >= 4 is 12.0 Å². The molecule has 0 aliphatic heterocycles. The highest BCUT2D eigenvalue weighted by Gasteiger charge is 2.30. The van der Waals surface area contributed by atoms with Crippen molar-refractivity contribution in [3.63, 3.8) is 0 Å². The Morgan fingerprint density at radius 3 is 2.69 bits per heavy atom. The molecule has 0 saturated heterocycles. The van der Waals surface area contributed by atoms with Crippen molar-refractivity contribution in [2.24, 2.45) is 0 Å². The number of aliphatic hydroxyl groups excluding tert-OH is 1. The van der Waals surface area contributed by atoms with Gasteiger partial charge in [-0.3, -0.25) is 4.79 Å². The maximum Gasteiger partial charge on any atom is 0.318 e. The number of carboxylic acids is 1. The number of aliphatic hydroxyl groups is 1. The monoisotopic (exact) mass is 176 g/mol. The Morgan fingerprint density at radius 1 is 1.31 bits per heavy atom. The molecule has 1 aromatic rings. The average molecular weight is 176 g/mol. The highest BCUT2D eigenvalue weighted by Crippen LogP contribution is 2.34. The van der Waals surface area contributed by atoms with Crippen LogP contribution in [0.25, 0.3) is 6.08 Å². The van der Waals surface area contributed by atoms with Crippen molar-refractivity contribution in [1.29, 1.82) is 0 Å². The fraction of sp³-hybridized carbons (Fsp3) is 0.100. The Hall–Kier alpha value is -1.77. The smallest absolute Gasteiger partial charge is 0.318 e. The van der Waals surface area contributed by atoms with Crippen molar-refractivity contribution in [2.45, 2.75) is 5.92 Å². The molecule has 0 saturated carbocycles. The van der Waals surface area contributed by atoms with Crippen LogP contribution < -0.4 is 0 Å². The van der Waals surface area contributed by atoms with Crippen LogP contribution in [0.3, 0.4) is 0 Å². The molecule has 0 heterocycles.